The maximum atomic E-state index is 10.5. The van der Waals surface area contributed by atoms with E-state index in [2.05, 4.69) is 19.1 Å². The van der Waals surface area contributed by atoms with Crippen LogP contribution >= 0.6 is 0 Å². The summed E-state index contributed by atoms with van der Waals surface area (Å²) >= 11 is 0. The van der Waals surface area contributed by atoms with Crippen LogP contribution in [0.1, 0.15) is 71.6 Å². The maximum Gasteiger partial charge on any atom is 0.307 e. The first-order chi connectivity index (χ1) is 8.77. The van der Waals surface area contributed by atoms with Gasteiger partial charge in [-0.05, 0) is 44.6 Å². The molecular formula is C16H28O2. The number of allylic oxidation sites excluding steroid dienone is 3. The lowest BCUT2D eigenvalue weighted by atomic mass is 10.1. The number of ether oxygens (including phenoxy) is 1. The molecule has 0 amide bonds. The summed E-state index contributed by atoms with van der Waals surface area (Å²) in [6.07, 6.45) is 19.1. The third-order valence-corrected chi connectivity index (χ3v) is 2.71. The van der Waals surface area contributed by atoms with Gasteiger partial charge in [0.05, 0.1) is 6.26 Å². The van der Waals surface area contributed by atoms with Crippen LogP contribution in [0.5, 0.6) is 0 Å². The average molecular weight is 252 g/mol. The molecule has 0 N–H and O–H groups in total. The largest absolute Gasteiger partial charge is 0.435 e. The second-order valence-electron chi connectivity index (χ2n) is 4.59. The van der Waals surface area contributed by atoms with Gasteiger partial charge in [-0.3, -0.25) is 4.79 Å². The van der Waals surface area contributed by atoms with Gasteiger partial charge < -0.3 is 4.74 Å². The summed E-state index contributed by atoms with van der Waals surface area (Å²) < 4.78 is 4.70. The topological polar surface area (TPSA) is 26.3 Å². The Morgan fingerprint density at radius 1 is 0.889 bits per heavy atom. The normalized spacial score (nSPS) is 11.4. The van der Waals surface area contributed by atoms with E-state index in [-0.39, 0.29) is 5.97 Å². The van der Waals surface area contributed by atoms with Gasteiger partial charge in [0.15, 0.2) is 0 Å². The average Bonchev–Trinajstić information content (AvgIpc) is 2.34. The molecule has 0 fully saturated rings. The van der Waals surface area contributed by atoms with Crippen LogP contribution < -0.4 is 0 Å². The minimum absolute atomic E-state index is 0.253. The summed E-state index contributed by atoms with van der Waals surface area (Å²) in [5.41, 5.74) is 0. The van der Waals surface area contributed by atoms with E-state index in [9.17, 15) is 4.79 Å². The van der Waals surface area contributed by atoms with E-state index in [1.807, 2.05) is 6.08 Å². The molecule has 0 heterocycles. The molecule has 0 saturated heterocycles. The molecule has 0 aromatic rings. The molecule has 0 atom stereocenters. The van der Waals surface area contributed by atoms with Gasteiger partial charge in [-0.2, -0.15) is 0 Å². The van der Waals surface area contributed by atoms with Crippen molar-refractivity contribution in [3.05, 3.63) is 24.5 Å². The summed E-state index contributed by atoms with van der Waals surface area (Å²) in [6, 6.07) is 0. The zero-order valence-corrected chi connectivity index (χ0v) is 12.0. The first kappa shape index (κ1) is 16.9. The van der Waals surface area contributed by atoms with Crippen molar-refractivity contribution >= 4 is 5.97 Å². The Bertz CT molecular complexity index is 241. The molecular weight excluding hydrogens is 224 g/mol. The minimum atomic E-state index is -0.253. The SMILES string of the molecule is CCCCCC/C=C\CCCC/C=C/OC(C)=O. The van der Waals surface area contributed by atoms with Gasteiger partial charge in [0, 0.05) is 6.92 Å². The number of rotatable bonds is 11. The summed E-state index contributed by atoms with van der Waals surface area (Å²) in [7, 11) is 0. The molecule has 2 heteroatoms. The molecule has 0 spiro atoms. The van der Waals surface area contributed by atoms with Crippen molar-refractivity contribution in [2.45, 2.75) is 71.6 Å². The lowest BCUT2D eigenvalue weighted by Gasteiger charge is -1.95. The molecule has 0 bridgehead atoms. The van der Waals surface area contributed by atoms with E-state index in [1.54, 1.807) is 0 Å². The van der Waals surface area contributed by atoms with Gasteiger partial charge in [-0.1, -0.05) is 38.3 Å². The predicted octanol–water partition coefficient (Wildman–Crippen LogP) is 5.15. The van der Waals surface area contributed by atoms with E-state index in [4.69, 9.17) is 4.74 Å². The molecule has 104 valence electrons. The lowest BCUT2D eigenvalue weighted by molar-refractivity contribution is -0.135. The molecule has 0 radical (unpaired) electrons. The highest BCUT2D eigenvalue weighted by atomic mass is 16.5. The molecule has 0 aliphatic heterocycles. The number of esters is 1. The summed E-state index contributed by atoms with van der Waals surface area (Å²) in [4.78, 5) is 10.5. The Balaban J connectivity index is 3.17. The lowest BCUT2D eigenvalue weighted by Crippen LogP contribution is -1.89. The van der Waals surface area contributed by atoms with Crippen molar-refractivity contribution in [1.82, 2.24) is 0 Å². The molecule has 0 aromatic heterocycles. The summed E-state index contributed by atoms with van der Waals surface area (Å²) in [5, 5.41) is 0. The Kier molecular flexibility index (Phi) is 13.2. The van der Waals surface area contributed by atoms with Crippen LogP contribution in [-0.4, -0.2) is 5.97 Å². The van der Waals surface area contributed by atoms with E-state index >= 15 is 0 Å². The zero-order valence-electron chi connectivity index (χ0n) is 12.0. The van der Waals surface area contributed by atoms with Crippen LogP contribution in [0.4, 0.5) is 0 Å². The van der Waals surface area contributed by atoms with Crippen molar-refractivity contribution in [1.29, 1.82) is 0 Å². The molecule has 18 heavy (non-hydrogen) atoms. The minimum Gasteiger partial charge on any atom is -0.435 e. The van der Waals surface area contributed by atoms with Gasteiger partial charge >= 0.3 is 5.97 Å². The van der Waals surface area contributed by atoms with Crippen molar-refractivity contribution in [3.8, 4) is 0 Å². The molecule has 0 aromatic carbocycles. The summed E-state index contributed by atoms with van der Waals surface area (Å²) in [6.45, 7) is 3.65. The second-order valence-corrected chi connectivity index (χ2v) is 4.59. The number of unbranched alkanes of at least 4 members (excludes halogenated alkanes) is 7. The summed E-state index contributed by atoms with van der Waals surface area (Å²) in [5.74, 6) is -0.253. The van der Waals surface area contributed by atoms with Crippen LogP contribution in [0.2, 0.25) is 0 Å². The Morgan fingerprint density at radius 3 is 2.00 bits per heavy atom. The number of carbonyl (C=O) groups is 1. The van der Waals surface area contributed by atoms with Crippen molar-refractivity contribution in [3.63, 3.8) is 0 Å². The Labute approximate surface area is 112 Å². The van der Waals surface area contributed by atoms with Crippen molar-refractivity contribution < 1.29 is 9.53 Å². The van der Waals surface area contributed by atoms with Gasteiger partial charge in [0.2, 0.25) is 0 Å². The van der Waals surface area contributed by atoms with E-state index in [0.29, 0.717) is 0 Å². The van der Waals surface area contributed by atoms with Crippen LogP contribution in [-0.2, 0) is 9.53 Å². The van der Waals surface area contributed by atoms with Gasteiger partial charge in [0.1, 0.15) is 0 Å². The highest BCUT2D eigenvalue weighted by Crippen LogP contribution is 2.05. The monoisotopic (exact) mass is 252 g/mol. The van der Waals surface area contributed by atoms with Crippen LogP contribution in [0.3, 0.4) is 0 Å². The standard InChI is InChI=1S/C16H28O2/c1-3-4-5-6-7-8-9-10-11-12-13-14-15-18-16(2)17/h8-9,14-15H,3-7,10-13H2,1-2H3/b9-8-,15-14+. The van der Waals surface area contributed by atoms with Gasteiger partial charge in [-0.15, -0.1) is 0 Å². The number of carbonyl (C=O) groups excluding carboxylic acids is 1. The molecule has 0 aliphatic carbocycles. The highest BCUT2D eigenvalue weighted by molar-refractivity contribution is 5.66. The third kappa shape index (κ3) is 14.9. The fourth-order valence-electron chi connectivity index (χ4n) is 1.66. The molecule has 0 saturated carbocycles. The molecule has 2 nitrogen and oxygen atoms in total. The van der Waals surface area contributed by atoms with E-state index in [1.165, 1.54) is 51.7 Å². The fraction of sp³-hybridized carbons (Fsp3) is 0.688. The Morgan fingerprint density at radius 2 is 1.44 bits per heavy atom. The van der Waals surface area contributed by atoms with Crippen LogP contribution in [0, 0.1) is 0 Å². The van der Waals surface area contributed by atoms with E-state index < -0.39 is 0 Å². The van der Waals surface area contributed by atoms with E-state index in [0.717, 1.165) is 19.3 Å². The van der Waals surface area contributed by atoms with Gasteiger partial charge in [-0.25, -0.2) is 0 Å². The first-order valence-corrected chi connectivity index (χ1v) is 7.24. The first-order valence-electron chi connectivity index (χ1n) is 7.24. The second kappa shape index (κ2) is 14.0. The quantitative estimate of drug-likeness (QED) is 0.220. The van der Waals surface area contributed by atoms with Crippen LogP contribution in [0.25, 0.3) is 0 Å². The van der Waals surface area contributed by atoms with Crippen molar-refractivity contribution in [2.75, 3.05) is 0 Å². The molecule has 0 aliphatic rings. The molecule has 0 rings (SSSR count). The van der Waals surface area contributed by atoms with Crippen molar-refractivity contribution in [2.24, 2.45) is 0 Å². The number of hydrogen-bond acceptors (Lipinski definition) is 2. The Hall–Kier alpha value is -1.05. The predicted molar refractivity (Wildman–Crippen MR) is 77.3 cm³/mol. The zero-order chi connectivity index (χ0) is 13.5. The van der Waals surface area contributed by atoms with Gasteiger partial charge in [0.25, 0.3) is 0 Å². The smallest absolute Gasteiger partial charge is 0.307 e. The third-order valence-electron chi connectivity index (χ3n) is 2.71. The highest BCUT2D eigenvalue weighted by Gasteiger charge is 1.87. The molecule has 0 unspecified atom stereocenters. The van der Waals surface area contributed by atoms with Crippen LogP contribution in [0.15, 0.2) is 24.5 Å². The number of hydrogen-bond donors (Lipinski definition) is 0. The maximum absolute atomic E-state index is 10.5. The fourth-order valence-corrected chi connectivity index (χ4v) is 1.66.